The third kappa shape index (κ3) is 3.26. The zero-order valence-electron chi connectivity index (χ0n) is 18.2. The first-order valence-electron chi connectivity index (χ1n) is 11.0. The van der Waals surface area contributed by atoms with E-state index in [1.54, 1.807) is 22.8 Å². The molecule has 0 amide bonds. The number of nitrogens with zero attached hydrogens (tertiary/aromatic N) is 3. The largest absolute Gasteiger partial charge is 0.356 e. The molecule has 2 heterocycles. The molecular formula is C25H26Cl2N4O. The van der Waals surface area contributed by atoms with Crippen molar-refractivity contribution < 1.29 is 0 Å². The highest BCUT2D eigenvalue weighted by Gasteiger charge is 2.46. The number of nitrogens with two attached hydrogens (primary N) is 1. The number of aryl methyl sites for hydroxylation is 1. The second-order valence-electron chi connectivity index (χ2n) is 9.02. The molecule has 2 N–H and O–H groups in total. The zero-order valence-corrected chi connectivity index (χ0v) is 19.7. The average Bonchev–Trinajstić information content (AvgIpc) is 3.06. The number of halogens is 2. The van der Waals surface area contributed by atoms with Gasteiger partial charge in [0.2, 0.25) is 0 Å². The van der Waals surface area contributed by atoms with Crippen LogP contribution in [0.5, 0.6) is 0 Å². The Morgan fingerprint density at radius 3 is 2.50 bits per heavy atom. The van der Waals surface area contributed by atoms with Gasteiger partial charge in [0.1, 0.15) is 11.6 Å². The number of benzene rings is 2. The summed E-state index contributed by atoms with van der Waals surface area (Å²) in [6, 6.07) is 13.9. The van der Waals surface area contributed by atoms with Crippen molar-refractivity contribution in [1.29, 1.82) is 0 Å². The van der Waals surface area contributed by atoms with Gasteiger partial charge in [-0.05, 0) is 61.8 Å². The minimum Gasteiger partial charge on any atom is -0.356 e. The summed E-state index contributed by atoms with van der Waals surface area (Å²) in [4.78, 5) is 20.4. The van der Waals surface area contributed by atoms with Crippen LogP contribution in [0.3, 0.4) is 0 Å². The first-order chi connectivity index (χ1) is 15.3. The predicted octanol–water partition coefficient (Wildman–Crippen LogP) is 5.00. The molecule has 5 rings (SSSR count). The first kappa shape index (κ1) is 21.5. The van der Waals surface area contributed by atoms with Gasteiger partial charge in [0.05, 0.1) is 21.3 Å². The van der Waals surface area contributed by atoms with Crippen LogP contribution in [-0.2, 0) is 6.42 Å². The fourth-order valence-electron chi connectivity index (χ4n) is 5.42. The van der Waals surface area contributed by atoms with E-state index in [-0.39, 0.29) is 17.0 Å². The number of aromatic nitrogens is 2. The molecule has 0 saturated carbocycles. The number of anilines is 1. The normalized spacial score (nSPS) is 19.4. The van der Waals surface area contributed by atoms with Crippen molar-refractivity contribution in [2.45, 2.75) is 39.2 Å². The van der Waals surface area contributed by atoms with E-state index in [1.165, 1.54) is 11.1 Å². The topological polar surface area (TPSA) is 64.2 Å². The van der Waals surface area contributed by atoms with E-state index < -0.39 is 0 Å². The molecule has 32 heavy (non-hydrogen) atoms. The van der Waals surface area contributed by atoms with Gasteiger partial charge in [0, 0.05) is 19.1 Å². The molecule has 5 nitrogen and oxygen atoms in total. The molecule has 2 aromatic carbocycles. The second kappa shape index (κ2) is 7.91. The van der Waals surface area contributed by atoms with E-state index in [2.05, 4.69) is 29.2 Å². The van der Waals surface area contributed by atoms with Gasteiger partial charge in [0.25, 0.3) is 5.56 Å². The van der Waals surface area contributed by atoms with Crippen molar-refractivity contribution >= 4 is 29.0 Å². The summed E-state index contributed by atoms with van der Waals surface area (Å²) < 4.78 is 1.54. The lowest BCUT2D eigenvalue weighted by atomic mass is 9.73. The quantitative estimate of drug-likeness (QED) is 0.574. The highest BCUT2D eigenvalue weighted by atomic mass is 35.5. The van der Waals surface area contributed by atoms with Gasteiger partial charge in [-0.3, -0.25) is 9.36 Å². The number of hydrogen-bond acceptors (Lipinski definition) is 4. The summed E-state index contributed by atoms with van der Waals surface area (Å²) in [6.45, 7) is 5.32. The summed E-state index contributed by atoms with van der Waals surface area (Å²) >= 11 is 12.6. The van der Waals surface area contributed by atoms with Crippen LogP contribution in [0.25, 0.3) is 5.69 Å². The molecule has 1 fully saturated rings. The maximum Gasteiger partial charge on any atom is 0.263 e. The van der Waals surface area contributed by atoms with E-state index >= 15 is 0 Å². The molecule has 0 bridgehead atoms. The summed E-state index contributed by atoms with van der Waals surface area (Å²) in [5.74, 6) is 1.34. The molecule has 1 aliphatic heterocycles. The van der Waals surface area contributed by atoms with Crippen molar-refractivity contribution in [3.05, 3.63) is 85.4 Å². The highest BCUT2D eigenvalue weighted by Crippen LogP contribution is 2.51. The molecule has 166 valence electrons. The van der Waals surface area contributed by atoms with Crippen LogP contribution in [0.15, 0.2) is 47.3 Å². The van der Waals surface area contributed by atoms with Crippen molar-refractivity contribution in [2.75, 3.05) is 18.0 Å². The monoisotopic (exact) mass is 468 g/mol. The minimum atomic E-state index is -0.123. The van der Waals surface area contributed by atoms with Crippen LogP contribution in [0, 0.1) is 19.3 Å². The van der Waals surface area contributed by atoms with Crippen LogP contribution in [-0.4, -0.2) is 22.6 Å². The smallest absolute Gasteiger partial charge is 0.263 e. The molecule has 0 radical (unpaired) electrons. The lowest BCUT2D eigenvalue weighted by molar-refractivity contribution is 0.187. The maximum atomic E-state index is 13.3. The number of hydrogen-bond donors (Lipinski definition) is 1. The fourth-order valence-corrected chi connectivity index (χ4v) is 5.80. The molecule has 1 atom stereocenters. The van der Waals surface area contributed by atoms with Gasteiger partial charge in [-0.2, -0.15) is 0 Å². The van der Waals surface area contributed by atoms with Gasteiger partial charge < -0.3 is 10.6 Å². The van der Waals surface area contributed by atoms with E-state index in [4.69, 9.17) is 33.9 Å². The summed E-state index contributed by atoms with van der Waals surface area (Å²) in [5, 5.41) is 0.760. The van der Waals surface area contributed by atoms with E-state index in [9.17, 15) is 4.79 Å². The molecule has 7 heteroatoms. The van der Waals surface area contributed by atoms with Crippen molar-refractivity contribution in [3.8, 4) is 5.69 Å². The summed E-state index contributed by atoms with van der Waals surface area (Å²) in [6.07, 6.45) is 2.98. The summed E-state index contributed by atoms with van der Waals surface area (Å²) in [7, 11) is 0. The predicted molar refractivity (Wildman–Crippen MR) is 130 cm³/mol. The Hall–Kier alpha value is -2.34. The van der Waals surface area contributed by atoms with Crippen molar-refractivity contribution in [2.24, 2.45) is 11.1 Å². The fraction of sp³-hybridized carbons (Fsp3) is 0.360. The molecule has 1 spiro atoms. The Balaban J connectivity index is 1.44. The minimum absolute atomic E-state index is 0.0645. The SMILES string of the molecule is Cc1c(N2CCC3(CC2)Cc2ccccc2[C@H]3N)nc(C)n(-c2cccc(Cl)c2Cl)c1=O. The second-order valence-corrected chi connectivity index (χ2v) is 9.81. The van der Waals surface area contributed by atoms with Gasteiger partial charge in [-0.25, -0.2) is 4.98 Å². The maximum absolute atomic E-state index is 13.3. The van der Waals surface area contributed by atoms with Gasteiger partial charge >= 0.3 is 0 Å². The standard InChI is InChI=1S/C25H26Cl2N4O/c1-15-23(29-16(2)31(24(15)32)20-9-5-8-19(26)21(20)27)30-12-10-25(11-13-30)14-17-6-3-4-7-18(17)22(25)28/h3-9,22H,10-14,28H2,1-2H3/t22-/m1/s1. The molecule has 3 aromatic rings. The Morgan fingerprint density at radius 1 is 1.06 bits per heavy atom. The number of fused-ring (bicyclic) bond motifs is 1. The van der Waals surface area contributed by atoms with Crippen LogP contribution in [0.4, 0.5) is 5.82 Å². The average molecular weight is 469 g/mol. The van der Waals surface area contributed by atoms with E-state index in [1.807, 2.05) is 13.8 Å². The lowest BCUT2D eigenvalue weighted by Crippen LogP contribution is -2.45. The van der Waals surface area contributed by atoms with Crippen molar-refractivity contribution in [1.82, 2.24) is 9.55 Å². The summed E-state index contributed by atoms with van der Waals surface area (Å²) in [5.41, 5.74) is 10.5. The van der Waals surface area contributed by atoms with Gasteiger partial charge in [0.15, 0.2) is 0 Å². The van der Waals surface area contributed by atoms with Crippen LogP contribution in [0.1, 0.15) is 41.4 Å². The lowest BCUT2D eigenvalue weighted by Gasteiger charge is -2.43. The molecule has 0 unspecified atom stereocenters. The van der Waals surface area contributed by atoms with Crippen LogP contribution in [0.2, 0.25) is 10.0 Å². The molecule has 1 saturated heterocycles. The molecule has 1 aromatic heterocycles. The molecule has 1 aliphatic carbocycles. The third-order valence-electron chi connectivity index (χ3n) is 7.27. The van der Waals surface area contributed by atoms with Crippen molar-refractivity contribution in [3.63, 3.8) is 0 Å². The zero-order chi connectivity index (χ0) is 22.6. The Labute approximate surface area is 197 Å². The number of rotatable bonds is 2. The third-order valence-corrected chi connectivity index (χ3v) is 8.08. The first-order valence-corrected chi connectivity index (χ1v) is 11.7. The Bertz CT molecular complexity index is 1260. The Morgan fingerprint density at radius 2 is 1.78 bits per heavy atom. The molecule has 2 aliphatic rings. The van der Waals surface area contributed by atoms with Gasteiger partial charge in [-0.1, -0.05) is 53.5 Å². The van der Waals surface area contributed by atoms with Gasteiger partial charge in [-0.15, -0.1) is 0 Å². The Kier molecular flexibility index (Phi) is 5.31. The van der Waals surface area contributed by atoms with Crippen LogP contribution < -0.4 is 16.2 Å². The van der Waals surface area contributed by atoms with E-state index in [0.29, 0.717) is 27.1 Å². The molecular weight excluding hydrogens is 443 g/mol. The van der Waals surface area contributed by atoms with Crippen LogP contribution >= 0.6 is 23.2 Å². The van der Waals surface area contributed by atoms with E-state index in [0.717, 1.165) is 38.2 Å². The highest BCUT2D eigenvalue weighted by molar-refractivity contribution is 6.43. The number of piperidine rings is 1.